The van der Waals surface area contributed by atoms with Crippen LogP contribution in [-0.2, 0) is 16.2 Å². The Morgan fingerprint density at radius 2 is 1.61 bits per heavy atom. The minimum absolute atomic E-state index is 0.182. The van der Waals surface area contributed by atoms with Crippen molar-refractivity contribution in [1.29, 1.82) is 0 Å². The van der Waals surface area contributed by atoms with Crippen LogP contribution in [0, 0.1) is 6.92 Å². The van der Waals surface area contributed by atoms with Crippen LogP contribution in [0.1, 0.15) is 23.6 Å². The first kappa shape index (κ1) is 24.5. The summed E-state index contributed by atoms with van der Waals surface area (Å²) in [5, 5.41) is 2.22. The number of ether oxygens (including phenoxy) is 3. The summed E-state index contributed by atoms with van der Waals surface area (Å²) in [7, 11) is 1.51. The maximum absolute atomic E-state index is 13.2. The van der Waals surface area contributed by atoms with Crippen molar-refractivity contribution in [3.05, 3.63) is 89.0 Å². The number of carbonyl (C=O) groups excluding carboxylic acids is 3. The predicted molar refractivity (Wildman–Crippen MR) is 135 cm³/mol. The van der Waals surface area contributed by atoms with E-state index in [0.29, 0.717) is 41.7 Å². The maximum atomic E-state index is 13.2. The number of imide groups is 2. The van der Waals surface area contributed by atoms with Gasteiger partial charge in [-0.1, -0.05) is 35.9 Å². The first-order valence-corrected chi connectivity index (χ1v) is 11.4. The van der Waals surface area contributed by atoms with Crippen molar-refractivity contribution in [2.24, 2.45) is 0 Å². The average Bonchev–Trinajstić information content (AvgIpc) is 2.87. The number of benzene rings is 3. The number of urea groups is 1. The van der Waals surface area contributed by atoms with E-state index in [-0.39, 0.29) is 5.57 Å². The number of nitrogens with one attached hydrogen (secondary N) is 1. The smallest absolute Gasteiger partial charge is 0.335 e. The lowest BCUT2D eigenvalue weighted by molar-refractivity contribution is -0.122. The fourth-order valence-corrected chi connectivity index (χ4v) is 3.66. The Balaban J connectivity index is 1.56. The van der Waals surface area contributed by atoms with Crippen molar-refractivity contribution in [2.45, 2.75) is 20.5 Å². The van der Waals surface area contributed by atoms with Gasteiger partial charge in [0.25, 0.3) is 11.8 Å². The molecule has 1 fully saturated rings. The number of rotatable bonds is 8. The number of hydrogen-bond donors (Lipinski definition) is 1. The number of nitrogens with zero attached hydrogens (tertiary/aromatic N) is 1. The molecule has 0 aliphatic carbocycles. The summed E-state index contributed by atoms with van der Waals surface area (Å²) < 4.78 is 16.8. The third-order valence-electron chi connectivity index (χ3n) is 5.52. The number of hydrogen-bond acceptors (Lipinski definition) is 6. The van der Waals surface area contributed by atoms with Crippen molar-refractivity contribution in [1.82, 2.24) is 5.32 Å². The van der Waals surface area contributed by atoms with Crippen LogP contribution in [-0.4, -0.2) is 31.6 Å². The highest BCUT2D eigenvalue weighted by Gasteiger charge is 2.36. The molecule has 0 unspecified atom stereocenters. The van der Waals surface area contributed by atoms with Crippen LogP contribution >= 0.6 is 0 Å². The Kier molecular flexibility index (Phi) is 7.34. The van der Waals surface area contributed by atoms with Gasteiger partial charge in [-0.3, -0.25) is 14.9 Å². The Morgan fingerprint density at radius 3 is 2.28 bits per heavy atom. The zero-order chi connectivity index (χ0) is 25.7. The van der Waals surface area contributed by atoms with Crippen molar-refractivity contribution in [3.63, 3.8) is 0 Å². The highest BCUT2D eigenvalue weighted by Crippen LogP contribution is 2.31. The predicted octanol–water partition coefficient (Wildman–Crippen LogP) is 4.65. The van der Waals surface area contributed by atoms with E-state index in [1.54, 1.807) is 42.5 Å². The molecule has 0 spiro atoms. The first-order chi connectivity index (χ1) is 17.4. The Hall–Kier alpha value is -4.59. The van der Waals surface area contributed by atoms with E-state index in [4.69, 9.17) is 14.2 Å². The molecular weight excluding hydrogens is 460 g/mol. The van der Waals surface area contributed by atoms with Crippen LogP contribution in [0.2, 0.25) is 0 Å². The Labute approximate surface area is 209 Å². The van der Waals surface area contributed by atoms with Crippen LogP contribution < -0.4 is 24.4 Å². The zero-order valence-electron chi connectivity index (χ0n) is 20.2. The van der Waals surface area contributed by atoms with Crippen molar-refractivity contribution in [3.8, 4) is 17.2 Å². The maximum Gasteiger partial charge on any atom is 0.335 e. The topological polar surface area (TPSA) is 94.2 Å². The van der Waals surface area contributed by atoms with Crippen LogP contribution in [0.4, 0.5) is 10.5 Å². The number of barbiturate groups is 1. The number of anilines is 1. The SMILES string of the molecule is CCOc1ccc(N2C(=O)NC(=O)/C(=C/c3ccc(OCc4ccc(C)cc4)c(OC)c3)C2=O)cc1. The Bertz CT molecular complexity index is 1310. The third-order valence-corrected chi connectivity index (χ3v) is 5.52. The fraction of sp³-hybridized carbons (Fsp3) is 0.179. The normalized spacial score (nSPS) is 14.6. The highest BCUT2D eigenvalue weighted by atomic mass is 16.5. The van der Waals surface area contributed by atoms with Gasteiger partial charge in [0.05, 0.1) is 19.4 Å². The van der Waals surface area contributed by atoms with E-state index < -0.39 is 17.8 Å². The minimum atomic E-state index is -0.816. The van der Waals surface area contributed by atoms with Gasteiger partial charge < -0.3 is 14.2 Å². The second kappa shape index (κ2) is 10.8. The molecule has 36 heavy (non-hydrogen) atoms. The van der Waals surface area contributed by atoms with Gasteiger partial charge in [0.2, 0.25) is 0 Å². The van der Waals surface area contributed by atoms with Gasteiger partial charge in [-0.2, -0.15) is 0 Å². The lowest BCUT2D eigenvalue weighted by Crippen LogP contribution is -2.54. The molecule has 0 aromatic heterocycles. The number of amides is 4. The summed E-state index contributed by atoms with van der Waals surface area (Å²) >= 11 is 0. The minimum Gasteiger partial charge on any atom is -0.494 e. The number of carbonyl (C=O) groups is 3. The van der Waals surface area contributed by atoms with Crippen LogP contribution in [0.3, 0.4) is 0 Å². The standard InChI is InChI=1S/C28H26N2O6/c1-4-35-22-12-10-21(11-13-22)30-27(32)23(26(31)29-28(30)33)15-20-9-14-24(25(16-20)34-3)36-17-19-7-5-18(2)6-8-19/h5-16H,4,17H2,1-3H3,(H,29,31,33)/b23-15-. The summed E-state index contributed by atoms with van der Waals surface area (Å²) in [5.41, 5.74) is 2.85. The van der Waals surface area contributed by atoms with Crippen LogP contribution in [0.5, 0.6) is 17.2 Å². The second-order valence-corrected chi connectivity index (χ2v) is 8.07. The van der Waals surface area contributed by atoms with Crippen LogP contribution in [0.25, 0.3) is 6.08 Å². The lowest BCUT2D eigenvalue weighted by atomic mass is 10.1. The molecule has 0 radical (unpaired) electrons. The number of methoxy groups -OCH3 is 1. The molecule has 1 N–H and O–H groups in total. The largest absolute Gasteiger partial charge is 0.494 e. The third kappa shape index (κ3) is 5.38. The van der Waals surface area contributed by atoms with Gasteiger partial charge in [-0.15, -0.1) is 0 Å². The van der Waals surface area contributed by atoms with Gasteiger partial charge in [0.15, 0.2) is 11.5 Å². The molecule has 0 atom stereocenters. The molecule has 8 nitrogen and oxygen atoms in total. The molecule has 8 heteroatoms. The summed E-state index contributed by atoms with van der Waals surface area (Å²) in [6.45, 7) is 4.72. The van der Waals surface area contributed by atoms with Gasteiger partial charge in [-0.05, 0) is 67.4 Å². The summed E-state index contributed by atoms with van der Waals surface area (Å²) in [6, 6.07) is 18.7. The van der Waals surface area contributed by atoms with Gasteiger partial charge in [-0.25, -0.2) is 9.69 Å². The molecule has 4 rings (SSSR count). The van der Waals surface area contributed by atoms with Crippen molar-refractivity contribution >= 4 is 29.6 Å². The fourth-order valence-electron chi connectivity index (χ4n) is 3.66. The molecule has 1 aliphatic heterocycles. The van der Waals surface area contributed by atoms with Crippen molar-refractivity contribution in [2.75, 3.05) is 18.6 Å². The molecular formula is C28H26N2O6. The average molecular weight is 487 g/mol. The van der Waals surface area contributed by atoms with Gasteiger partial charge in [0.1, 0.15) is 17.9 Å². The summed E-state index contributed by atoms with van der Waals surface area (Å²) in [4.78, 5) is 39.0. The van der Waals surface area contributed by atoms with Gasteiger partial charge >= 0.3 is 6.03 Å². The monoisotopic (exact) mass is 486 g/mol. The molecule has 184 valence electrons. The van der Waals surface area contributed by atoms with E-state index in [2.05, 4.69) is 5.32 Å². The van der Waals surface area contributed by atoms with Gasteiger partial charge in [0, 0.05) is 0 Å². The first-order valence-electron chi connectivity index (χ1n) is 11.4. The lowest BCUT2D eigenvalue weighted by Gasteiger charge is -2.26. The van der Waals surface area contributed by atoms with Crippen LogP contribution in [0.15, 0.2) is 72.3 Å². The molecule has 0 saturated carbocycles. The molecule has 0 bridgehead atoms. The summed E-state index contributed by atoms with van der Waals surface area (Å²) in [5.74, 6) is 0.0672. The molecule has 1 saturated heterocycles. The zero-order valence-corrected chi connectivity index (χ0v) is 20.2. The molecule has 1 heterocycles. The number of aryl methyl sites for hydroxylation is 1. The van der Waals surface area contributed by atoms with E-state index in [9.17, 15) is 14.4 Å². The molecule has 3 aromatic carbocycles. The Morgan fingerprint density at radius 1 is 0.889 bits per heavy atom. The van der Waals surface area contributed by atoms with E-state index in [1.165, 1.54) is 13.2 Å². The highest BCUT2D eigenvalue weighted by molar-refractivity contribution is 6.39. The second-order valence-electron chi connectivity index (χ2n) is 8.07. The summed E-state index contributed by atoms with van der Waals surface area (Å²) in [6.07, 6.45) is 1.41. The molecule has 1 aliphatic rings. The van der Waals surface area contributed by atoms with Crippen molar-refractivity contribution < 1.29 is 28.6 Å². The van der Waals surface area contributed by atoms with E-state index in [0.717, 1.165) is 16.0 Å². The molecule has 3 aromatic rings. The van der Waals surface area contributed by atoms with E-state index in [1.807, 2.05) is 38.1 Å². The molecule has 4 amide bonds. The quantitative estimate of drug-likeness (QED) is 0.368. The van der Waals surface area contributed by atoms with E-state index >= 15 is 0 Å².